The summed E-state index contributed by atoms with van der Waals surface area (Å²) in [5.74, 6) is 2.20. The molecule has 1 heterocycles. The van der Waals surface area contributed by atoms with Crippen LogP contribution in [0.1, 0.15) is 17.1 Å². The van der Waals surface area contributed by atoms with Crippen molar-refractivity contribution in [2.45, 2.75) is 20.5 Å². The Hall–Kier alpha value is -1.81. The van der Waals surface area contributed by atoms with E-state index in [1.807, 2.05) is 45.2 Å². The molecule has 0 aliphatic heterocycles. The number of nitrogens with zero attached hydrogens (tertiary/aromatic N) is 2. The maximum Gasteiger partial charge on any atom is 0.168 e. The lowest BCUT2D eigenvalue weighted by Gasteiger charge is -2.08. The fraction of sp³-hybridized carbons (Fsp3) is 0.286. The summed E-state index contributed by atoms with van der Waals surface area (Å²) < 4.78 is 5.67. The number of aromatic nitrogens is 2. The average molecular weight is 278 g/mol. The van der Waals surface area contributed by atoms with Crippen LogP contribution in [0.15, 0.2) is 24.3 Å². The second-order valence-electron chi connectivity index (χ2n) is 4.26. The van der Waals surface area contributed by atoms with Crippen LogP contribution in [0.4, 0.5) is 5.82 Å². The van der Waals surface area contributed by atoms with Crippen LogP contribution in [0, 0.1) is 13.8 Å². The first-order valence-corrected chi connectivity index (χ1v) is 6.37. The van der Waals surface area contributed by atoms with Crippen molar-refractivity contribution in [3.05, 3.63) is 46.4 Å². The Morgan fingerprint density at radius 1 is 1.21 bits per heavy atom. The molecule has 0 fully saturated rings. The van der Waals surface area contributed by atoms with Crippen molar-refractivity contribution in [1.29, 1.82) is 0 Å². The van der Waals surface area contributed by atoms with Crippen LogP contribution in [-0.2, 0) is 6.61 Å². The van der Waals surface area contributed by atoms with E-state index >= 15 is 0 Å². The highest BCUT2D eigenvalue weighted by atomic mass is 35.5. The van der Waals surface area contributed by atoms with Crippen LogP contribution >= 0.6 is 11.6 Å². The summed E-state index contributed by atoms with van der Waals surface area (Å²) in [5.41, 5.74) is 1.89. The first kappa shape index (κ1) is 13.6. The van der Waals surface area contributed by atoms with Crippen LogP contribution in [0.2, 0.25) is 5.02 Å². The zero-order chi connectivity index (χ0) is 13.8. The molecule has 19 heavy (non-hydrogen) atoms. The fourth-order valence-electron chi connectivity index (χ4n) is 1.68. The van der Waals surface area contributed by atoms with Gasteiger partial charge in [0.25, 0.3) is 0 Å². The normalized spacial score (nSPS) is 10.3. The number of halogens is 1. The van der Waals surface area contributed by atoms with E-state index < -0.39 is 0 Å². The van der Waals surface area contributed by atoms with E-state index in [2.05, 4.69) is 15.3 Å². The van der Waals surface area contributed by atoms with Gasteiger partial charge in [0.2, 0.25) is 0 Å². The number of ether oxygens (including phenoxy) is 1. The molecular formula is C14H16ClN3O. The summed E-state index contributed by atoms with van der Waals surface area (Å²) in [7, 11) is 1.83. The van der Waals surface area contributed by atoms with Gasteiger partial charge in [-0.25, -0.2) is 9.97 Å². The van der Waals surface area contributed by atoms with Gasteiger partial charge in [-0.1, -0.05) is 11.6 Å². The molecule has 5 heteroatoms. The third kappa shape index (κ3) is 3.58. The molecule has 1 N–H and O–H groups in total. The number of rotatable bonds is 4. The molecule has 0 aliphatic carbocycles. The molecule has 0 saturated heterocycles. The molecule has 2 aromatic rings. The van der Waals surface area contributed by atoms with Gasteiger partial charge in [-0.15, -0.1) is 0 Å². The van der Waals surface area contributed by atoms with E-state index in [-0.39, 0.29) is 0 Å². The number of benzene rings is 1. The van der Waals surface area contributed by atoms with E-state index in [1.54, 1.807) is 0 Å². The van der Waals surface area contributed by atoms with Gasteiger partial charge in [0.15, 0.2) is 5.82 Å². The van der Waals surface area contributed by atoms with Crippen molar-refractivity contribution in [2.75, 3.05) is 12.4 Å². The van der Waals surface area contributed by atoms with Gasteiger partial charge in [0.1, 0.15) is 18.2 Å². The third-order valence-electron chi connectivity index (χ3n) is 2.65. The van der Waals surface area contributed by atoms with E-state index in [9.17, 15) is 0 Å². The summed E-state index contributed by atoms with van der Waals surface area (Å²) in [6.45, 7) is 4.20. The smallest absolute Gasteiger partial charge is 0.168 e. The first-order valence-electron chi connectivity index (χ1n) is 6.00. The Balaban J connectivity index is 2.09. The third-order valence-corrected chi connectivity index (χ3v) is 3.08. The largest absolute Gasteiger partial charge is 0.486 e. The monoisotopic (exact) mass is 277 g/mol. The molecule has 2 rings (SSSR count). The van der Waals surface area contributed by atoms with Crippen LogP contribution in [-0.4, -0.2) is 17.0 Å². The van der Waals surface area contributed by atoms with Gasteiger partial charge in [-0.05, 0) is 37.6 Å². The molecule has 0 atom stereocenters. The van der Waals surface area contributed by atoms with Crippen LogP contribution < -0.4 is 10.1 Å². The molecule has 0 spiro atoms. The van der Waals surface area contributed by atoms with Gasteiger partial charge < -0.3 is 10.1 Å². The van der Waals surface area contributed by atoms with Gasteiger partial charge in [0.05, 0.1) is 0 Å². The Bertz CT molecular complexity index is 587. The maximum atomic E-state index is 5.97. The predicted molar refractivity (Wildman–Crippen MR) is 76.8 cm³/mol. The lowest BCUT2D eigenvalue weighted by Crippen LogP contribution is -2.05. The molecule has 0 unspecified atom stereocenters. The summed E-state index contributed by atoms with van der Waals surface area (Å²) in [5, 5.41) is 3.73. The van der Waals surface area contributed by atoms with Crippen molar-refractivity contribution in [3.63, 3.8) is 0 Å². The molecule has 1 aromatic heterocycles. The predicted octanol–water partition coefficient (Wildman–Crippen LogP) is 3.37. The van der Waals surface area contributed by atoms with Crippen molar-refractivity contribution in [2.24, 2.45) is 0 Å². The molecule has 100 valence electrons. The van der Waals surface area contributed by atoms with Crippen molar-refractivity contribution in [3.8, 4) is 5.75 Å². The molecule has 0 amide bonds. The number of anilines is 1. The maximum absolute atomic E-state index is 5.97. The van der Waals surface area contributed by atoms with E-state index in [0.717, 1.165) is 27.8 Å². The minimum Gasteiger partial charge on any atom is -0.486 e. The minimum atomic E-state index is 0.331. The van der Waals surface area contributed by atoms with Gasteiger partial charge in [0, 0.05) is 23.8 Å². The summed E-state index contributed by atoms with van der Waals surface area (Å²) in [6.07, 6.45) is 0. The van der Waals surface area contributed by atoms with Gasteiger partial charge >= 0.3 is 0 Å². The van der Waals surface area contributed by atoms with E-state index in [1.165, 1.54) is 0 Å². The second-order valence-corrected chi connectivity index (χ2v) is 4.67. The Morgan fingerprint density at radius 2 is 2.00 bits per heavy atom. The SMILES string of the molecule is CNc1cc(C)nc(COc2ccc(Cl)c(C)c2)n1. The highest BCUT2D eigenvalue weighted by Crippen LogP contribution is 2.21. The standard InChI is InChI=1S/C14H16ClN3O/c1-9-6-11(4-5-12(9)15)19-8-14-17-10(2)7-13(16-3)18-14/h4-7H,8H2,1-3H3,(H,16,17,18). The first-order chi connectivity index (χ1) is 9.08. The highest BCUT2D eigenvalue weighted by Gasteiger charge is 2.03. The van der Waals surface area contributed by atoms with Gasteiger partial charge in [-0.2, -0.15) is 0 Å². The number of aryl methyl sites for hydroxylation is 2. The number of hydrogen-bond donors (Lipinski definition) is 1. The zero-order valence-electron chi connectivity index (χ0n) is 11.2. The van der Waals surface area contributed by atoms with E-state index in [4.69, 9.17) is 16.3 Å². The Labute approximate surface area is 117 Å². The molecule has 4 nitrogen and oxygen atoms in total. The van der Waals surface area contributed by atoms with Crippen LogP contribution in [0.25, 0.3) is 0 Å². The van der Waals surface area contributed by atoms with Crippen molar-refractivity contribution in [1.82, 2.24) is 9.97 Å². The lowest BCUT2D eigenvalue weighted by molar-refractivity contribution is 0.295. The summed E-state index contributed by atoms with van der Waals surface area (Å²) in [6, 6.07) is 7.44. The fourth-order valence-corrected chi connectivity index (χ4v) is 1.80. The Morgan fingerprint density at radius 3 is 2.68 bits per heavy atom. The molecule has 1 aromatic carbocycles. The molecule has 0 radical (unpaired) electrons. The minimum absolute atomic E-state index is 0.331. The summed E-state index contributed by atoms with van der Waals surface area (Å²) >= 11 is 5.97. The zero-order valence-corrected chi connectivity index (χ0v) is 12.0. The Kier molecular flexibility index (Phi) is 4.22. The quantitative estimate of drug-likeness (QED) is 0.931. The average Bonchev–Trinajstić information content (AvgIpc) is 2.39. The van der Waals surface area contributed by atoms with Crippen LogP contribution in [0.3, 0.4) is 0 Å². The van der Waals surface area contributed by atoms with Crippen molar-refractivity contribution < 1.29 is 4.74 Å². The number of nitrogens with one attached hydrogen (secondary N) is 1. The second kappa shape index (κ2) is 5.89. The molecular weight excluding hydrogens is 262 g/mol. The lowest BCUT2D eigenvalue weighted by atomic mass is 10.2. The van der Waals surface area contributed by atoms with Crippen LogP contribution in [0.5, 0.6) is 5.75 Å². The highest BCUT2D eigenvalue weighted by molar-refractivity contribution is 6.31. The molecule has 0 bridgehead atoms. The van der Waals surface area contributed by atoms with E-state index in [0.29, 0.717) is 12.4 Å². The summed E-state index contributed by atoms with van der Waals surface area (Å²) in [4.78, 5) is 8.67. The molecule has 0 saturated carbocycles. The van der Waals surface area contributed by atoms with Crippen molar-refractivity contribution >= 4 is 17.4 Å². The van der Waals surface area contributed by atoms with Gasteiger partial charge in [-0.3, -0.25) is 0 Å². The topological polar surface area (TPSA) is 47.0 Å². The number of hydrogen-bond acceptors (Lipinski definition) is 4. The molecule has 0 aliphatic rings.